The summed E-state index contributed by atoms with van der Waals surface area (Å²) in [4.78, 5) is 28.0. The predicted molar refractivity (Wildman–Crippen MR) is 54.5 cm³/mol. The second-order valence-electron chi connectivity index (χ2n) is 2.94. The summed E-state index contributed by atoms with van der Waals surface area (Å²) in [5.74, 6) is -6.00. The van der Waals surface area contributed by atoms with Crippen molar-refractivity contribution in [3.8, 4) is 0 Å². The lowest BCUT2D eigenvalue weighted by atomic mass is 10.4. The molecule has 0 unspecified atom stereocenters. The van der Waals surface area contributed by atoms with Gasteiger partial charge in [-0.2, -0.15) is 31.4 Å². The number of nitrogens with one attached hydrogen (secondary N) is 1. The van der Waals surface area contributed by atoms with Gasteiger partial charge in [0, 0.05) is 6.20 Å². The quantitative estimate of drug-likeness (QED) is 0.556. The van der Waals surface area contributed by atoms with Crippen LogP contribution in [0.1, 0.15) is 10.5 Å². The van der Waals surface area contributed by atoms with E-state index in [9.17, 15) is 31.1 Å². The molecule has 0 aromatic carbocycles. The summed E-state index contributed by atoms with van der Waals surface area (Å²) in [6.07, 6.45) is -8.69. The van der Waals surface area contributed by atoms with Crippen molar-refractivity contribution >= 4 is 17.8 Å². The molecule has 1 amide bonds. The summed E-state index contributed by atoms with van der Waals surface area (Å²) < 4.78 is 63.5. The van der Waals surface area contributed by atoms with Crippen LogP contribution in [-0.4, -0.2) is 50.6 Å². The minimum atomic E-state index is -5.08. The number of amides is 1. The first-order chi connectivity index (χ1) is 9.69. The number of H-pyrrole nitrogens is 1. The average molecular weight is 339 g/mol. The standard InChI is InChI=1S/C4H5N3O.2C2HF3O2/c5-4(8)3-1-2-6-7-3;2*3-2(4,5)1(6)7/h1-2H,(H2,5,8)(H,6,7);2*(H,6,7). The molecule has 1 aromatic heterocycles. The Labute approximate surface area is 116 Å². The highest BCUT2D eigenvalue weighted by atomic mass is 19.4. The van der Waals surface area contributed by atoms with Crippen LogP contribution in [0, 0.1) is 0 Å². The topological polar surface area (TPSA) is 146 Å². The number of carboxylic acid groups (broad SMARTS) is 2. The Hall–Kier alpha value is -2.80. The Morgan fingerprint density at radius 3 is 1.41 bits per heavy atom. The summed E-state index contributed by atoms with van der Waals surface area (Å²) in [5.41, 5.74) is 5.19. The van der Waals surface area contributed by atoms with Gasteiger partial charge in [-0.1, -0.05) is 0 Å². The van der Waals surface area contributed by atoms with Crippen molar-refractivity contribution in [2.45, 2.75) is 12.4 Å². The smallest absolute Gasteiger partial charge is 0.475 e. The van der Waals surface area contributed by atoms with Crippen molar-refractivity contribution in [3.05, 3.63) is 18.0 Å². The Kier molecular flexibility index (Phi) is 8.28. The molecule has 1 aromatic rings. The Balaban J connectivity index is 0. The Morgan fingerprint density at radius 1 is 1.00 bits per heavy atom. The van der Waals surface area contributed by atoms with E-state index in [0.29, 0.717) is 5.69 Å². The van der Waals surface area contributed by atoms with Crippen molar-refractivity contribution in [2.75, 3.05) is 0 Å². The van der Waals surface area contributed by atoms with Gasteiger partial charge in [0.2, 0.25) is 0 Å². The maximum absolute atomic E-state index is 10.6. The van der Waals surface area contributed by atoms with E-state index in [1.54, 1.807) is 0 Å². The fraction of sp³-hybridized carbons (Fsp3) is 0.250. The van der Waals surface area contributed by atoms with E-state index in [1.165, 1.54) is 12.3 Å². The first kappa shape index (κ1) is 21.5. The number of hydrogen-bond donors (Lipinski definition) is 4. The van der Waals surface area contributed by atoms with E-state index in [4.69, 9.17) is 25.5 Å². The fourth-order valence-corrected chi connectivity index (χ4v) is 0.393. The molecule has 0 bridgehead atoms. The Morgan fingerprint density at radius 2 is 1.32 bits per heavy atom. The number of primary amides is 1. The maximum atomic E-state index is 10.6. The summed E-state index contributed by atoms with van der Waals surface area (Å²) in [6.45, 7) is 0. The minimum absolute atomic E-state index is 0.338. The number of hydrogen-bond acceptors (Lipinski definition) is 4. The van der Waals surface area contributed by atoms with Crippen LogP contribution in [0.3, 0.4) is 0 Å². The van der Waals surface area contributed by atoms with Crippen LogP contribution in [0.25, 0.3) is 0 Å². The zero-order chi connectivity index (χ0) is 18.1. The van der Waals surface area contributed by atoms with Gasteiger partial charge in [0.15, 0.2) is 0 Å². The molecule has 0 atom stereocenters. The van der Waals surface area contributed by atoms with Crippen LogP contribution >= 0.6 is 0 Å². The number of aromatic amines is 1. The molecule has 0 saturated heterocycles. The number of alkyl halides is 6. The van der Waals surface area contributed by atoms with E-state index in [2.05, 4.69) is 10.2 Å². The number of nitrogens with two attached hydrogens (primary N) is 1. The molecule has 22 heavy (non-hydrogen) atoms. The second-order valence-corrected chi connectivity index (χ2v) is 2.94. The molecule has 1 rings (SSSR count). The lowest BCUT2D eigenvalue weighted by Gasteiger charge is -1.93. The van der Waals surface area contributed by atoms with Crippen LogP contribution in [0.4, 0.5) is 26.3 Å². The third kappa shape index (κ3) is 11.1. The van der Waals surface area contributed by atoms with E-state index < -0.39 is 30.2 Å². The SMILES string of the molecule is NC(=O)c1ccn[nH]1.O=C(O)C(F)(F)F.O=C(O)C(F)(F)F. The first-order valence-corrected chi connectivity index (χ1v) is 4.59. The van der Waals surface area contributed by atoms with Crippen LogP contribution in [0.5, 0.6) is 0 Å². The molecule has 1 heterocycles. The Bertz CT molecular complexity index is 471. The molecule has 0 aliphatic carbocycles. The van der Waals surface area contributed by atoms with Gasteiger partial charge in [-0.05, 0) is 6.07 Å². The summed E-state index contributed by atoms with van der Waals surface area (Å²) in [7, 11) is 0. The number of carbonyl (C=O) groups is 3. The van der Waals surface area contributed by atoms with E-state index in [1.807, 2.05) is 0 Å². The lowest BCUT2D eigenvalue weighted by Crippen LogP contribution is -2.21. The predicted octanol–water partition coefficient (Wildman–Crippen LogP) is 0.775. The van der Waals surface area contributed by atoms with Gasteiger partial charge in [-0.25, -0.2) is 9.59 Å². The zero-order valence-electron chi connectivity index (χ0n) is 10.1. The zero-order valence-corrected chi connectivity index (χ0v) is 10.1. The number of carbonyl (C=O) groups excluding carboxylic acids is 1. The number of nitrogens with zero attached hydrogens (tertiary/aromatic N) is 1. The van der Waals surface area contributed by atoms with Gasteiger partial charge in [0.25, 0.3) is 5.91 Å². The van der Waals surface area contributed by atoms with Crippen LogP contribution in [0.2, 0.25) is 0 Å². The van der Waals surface area contributed by atoms with E-state index in [-0.39, 0.29) is 0 Å². The van der Waals surface area contributed by atoms with E-state index >= 15 is 0 Å². The number of aliphatic carboxylic acids is 2. The highest BCUT2D eigenvalue weighted by Gasteiger charge is 2.38. The molecule has 0 fully saturated rings. The third-order valence-corrected chi connectivity index (χ3v) is 1.25. The molecule has 5 N–H and O–H groups in total. The maximum Gasteiger partial charge on any atom is 0.490 e. The van der Waals surface area contributed by atoms with Gasteiger partial charge in [-0.15, -0.1) is 0 Å². The number of aromatic nitrogens is 2. The highest BCUT2D eigenvalue weighted by Crippen LogP contribution is 2.13. The van der Waals surface area contributed by atoms with Crippen LogP contribution < -0.4 is 5.73 Å². The van der Waals surface area contributed by atoms with Gasteiger partial charge in [-0.3, -0.25) is 9.89 Å². The van der Waals surface area contributed by atoms with Crippen molar-refractivity contribution in [1.82, 2.24) is 10.2 Å². The third-order valence-electron chi connectivity index (χ3n) is 1.25. The fourth-order valence-electron chi connectivity index (χ4n) is 0.393. The van der Waals surface area contributed by atoms with Crippen molar-refractivity contribution in [2.24, 2.45) is 5.73 Å². The number of rotatable bonds is 1. The minimum Gasteiger partial charge on any atom is -0.475 e. The number of carboxylic acids is 2. The molecule has 8 nitrogen and oxygen atoms in total. The van der Waals surface area contributed by atoms with Crippen molar-refractivity contribution < 1.29 is 50.9 Å². The largest absolute Gasteiger partial charge is 0.490 e. The molecular weight excluding hydrogens is 332 g/mol. The van der Waals surface area contributed by atoms with Crippen LogP contribution in [-0.2, 0) is 9.59 Å². The lowest BCUT2D eigenvalue weighted by molar-refractivity contribution is -0.193. The average Bonchev–Trinajstić information content (AvgIpc) is 2.81. The normalized spacial score (nSPS) is 10.5. The summed E-state index contributed by atoms with van der Waals surface area (Å²) in [5, 5.41) is 20.2. The molecule has 0 spiro atoms. The van der Waals surface area contributed by atoms with Crippen molar-refractivity contribution in [1.29, 1.82) is 0 Å². The molecule has 14 heteroatoms. The number of halogens is 6. The molecule has 0 radical (unpaired) electrons. The van der Waals surface area contributed by atoms with E-state index in [0.717, 1.165) is 0 Å². The molecular formula is C8H7F6N3O5. The monoisotopic (exact) mass is 339 g/mol. The van der Waals surface area contributed by atoms with Crippen LogP contribution in [0.15, 0.2) is 12.3 Å². The van der Waals surface area contributed by atoms with Gasteiger partial charge in [0.1, 0.15) is 5.69 Å². The summed E-state index contributed by atoms with van der Waals surface area (Å²) >= 11 is 0. The highest BCUT2D eigenvalue weighted by molar-refractivity contribution is 5.90. The van der Waals surface area contributed by atoms with Gasteiger partial charge in [0.05, 0.1) is 0 Å². The first-order valence-electron chi connectivity index (χ1n) is 4.59. The molecule has 0 aliphatic rings. The summed E-state index contributed by atoms with van der Waals surface area (Å²) in [6, 6.07) is 1.52. The molecule has 126 valence electrons. The molecule has 0 aliphatic heterocycles. The van der Waals surface area contributed by atoms with Crippen molar-refractivity contribution in [3.63, 3.8) is 0 Å². The second kappa shape index (κ2) is 8.48. The van der Waals surface area contributed by atoms with Gasteiger partial charge >= 0.3 is 24.3 Å². The van der Waals surface area contributed by atoms with Gasteiger partial charge < -0.3 is 15.9 Å². The molecule has 0 saturated carbocycles.